The largest absolute Gasteiger partial charge is 0.381 e. The molecule has 0 amide bonds. The van der Waals surface area contributed by atoms with Crippen LogP contribution in [0.15, 0.2) is 35.1 Å². The van der Waals surface area contributed by atoms with Crippen LogP contribution in [0.1, 0.15) is 24.1 Å². The number of anilines is 1. The molecule has 24 heavy (non-hydrogen) atoms. The second-order valence-corrected chi connectivity index (χ2v) is 6.33. The minimum atomic E-state index is -0.518. The van der Waals surface area contributed by atoms with E-state index in [4.69, 9.17) is 11.6 Å². The van der Waals surface area contributed by atoms with Gasteiger partial charge in [-0.1, -0.05) is 17.7 Å². The molecule has 4 rings (SSSR count). The molecule has 1 aromatic heterocycles. The molecule has 0 aliphatic carbocycles. The number of rotatable bonds is 1. The topological polar surface area (TPSA) is 57.8 Å². The molecule has 1 aliphatic heterocycles. The fraction of sp³-hybridized carbons (Fsp3) is 0.176. The van der Waals surface area contributed by atoms with Gasteiger partial charge in [-0.25, -0.2) is 13.9 Å². The van der Waals surface area contributed by atoms with E-state index >= 15 is 0 Å². The molecule has 2 N–H and O–H groups in total. The van der Waals surface area contributed by atoms with Crippen molar-refractivity contribution in [3.8, 4) is 0 Å². The van der Waals surface area contributed by atoms with Crippen LogP contribution in [-0.4, -0.2) is 16.2 Å². The highest BCUT2D eigenvalue weighted by Crippen LogP contribution is 2.41. The lowest BCUT2D eigenvalue weighted by molar-refractivity contribution is 0.567. The predicted molar refractivity (Wildman–Crippen MR) is 88.7 cm³/mol. The molecule has 3 aromatic rings. The predicted octanol–water partition coefficient (Wildman–Crippen LogP) is 3.80. The second-order valence-electron chi connectivity index (χ2n) is 5.89. The molecule has 7 heteroatoms. The second kappa shape index (κ2) is 5.27. The summed E-state index contributed by atoms with van der Waals surface area (Å²) in [5, 5.41) is 10.7. The smallest absolute Gasteiger partial charge is 0.272 e. The summed E-state index contributed by atoms with van der Waals surface area (Å²) in [4.78, 5) is 12.0. The van der Waals surface area contributed by atoms with E-state index in [-0.39, 0.29) is 11.4 Å². The zero-order valence-electron chi connectivity index (χ0n) is 12.5. The van der Waals surface area contributed by atoms with E-state index in [0.717, 1.165) is 6.07 Å². The van der Waals surface area contributed by atoms with Crippen LogP contribution in [0.3, 0.4) is 0 Å². The molecular formula is C17H12ClF2N3O. The van der Waals surface area contributed by atoms with E-state index in [1.54, 1.807) is 12.1 Å². The van der Waals surface area contributed by atoms with Crippen molar-refractivity contribution in [2.75, 3.05) is 5.32 Å². The number of benzene rings is 2. The van der Waals surface area contributed by atoms with Gasteiger partial charge in [-0.3, -0.25) is 4.79 Å². The zero-order valence-corrected chi connectivity index (χ0v) is 13.3. The van der Waals surface area contributed by atoms with Crippen LogP contribution >= 0.6 is 11.6 Å². The average Bonchev–Trinajstić information content (AvgIpc) is 2.51. The first-order chi connectivity index (χ1) is 11.5. The summed E-state index contributed by atoms with van der Waals surface area (Å²) >= 11 is 5.83. The number of H-pyrrole nitrogens is 1. The maximum atomic E-state index is 14.4. The van der Waals surface area contributed by atoms with Crippen molar-refractivity contribution >= 4 is 28.1 Å². The molecule has 2 heterocycles. The van der Waals surface area contributed by atoms with Gasteiger partial charge in [-0.15, -0.1) is 0 Å². The van der Waals surface area contributed by atoms with E-state index in [1.165, 1.54) is 12.1 Å². The lowest BCUT2D eigenvalue weighted by Crippen LogP contribution is -2.32. The van der Waals surface area contributed by atoms with Crippen LogP contribution in [0.4, 0.5) is 14.5 Å². The number of nitrogens with one attached hydrogen (secondary N) is 2. The minimum Gasteiger partial charge on any atom is -0.381 e. The van der Waals surface area contributed by atoms with Crippen LogP contribution in [0.2, 0.25) is 5.02 Å². The van der Waals surface area contributed by atoms with Gasteiger partial charge in [0.05, 0.1) is 17.0 Å². The van der Waals surface area contributed by atoms with Crippen molar-refractivity contribution in [1.29, 1.82) is 0 Å². The van der Waals surface area contributed by atoms with Gasteiger partial charge in [0.25, 0.3) is 5.56 Å². The molecule has 0 bridgehead atoms. The zero-order chi connectivity index (χ0) is 17.0. The average molecular weight is 348 g/mol. The maximum absolute atomic E-state index is 14.4. The third-order valence-electron chi connectivity index (χ3n) is 4.36. The van der Waals surface area contributed by atoms with Crippen molar-refractivity contribution in [3.63, 3.8) is 0 Å². The van der Waals surface area contributed by atoms with Crippen LogP contribution in [0, 0.1) is 11.6 Å². The molecule has 122 valence electrons. The van der Waals surface area contributed by atoms with Crippen molar-refractivity contribution in [2.24, 2.45) is 0 Å². The monoisotopic (exact) mass is 347 g/mol. The summed E-state index contributed by atoms with van der Waals surface area (Å²) in [6.45, 7) is 1.85. The normalized spacial score (nSPS) is 19.3. The Bertz CT molecular complexity index is 1030. The molecule has 0 saturated carbocycles. The third kappa shape index (κ3) is 2.17. The molecule has 2 atom stereocenters. The van der Waals surface area contributed by atoms with E-state index in [9.17, 15) is 13.6 Å². The third-order valence-corrected chi connectivity index (χ3v) is 4.59. The van der Waals surface area contributed by atoms with E-state index in [2.05, 4.69) is 15.5 Å². The lowest BCUT2D eigenvalue weighted by Gasteiger charge is -2.32. The first-order valence-corrected chi connectivity index (χ1v) is 7.77. The van der Waals surface area contributed by atoms with E-state index in [0.29, 0.717) is 27.4 Å². The Morgan fingerprint density at radius 2 is 2.00 bits per heavy atom. The van der Waals surface area contributed by atoms with Crippen molar-refractivity contribution < 1.29 is 8.78 Å². The Hall–Kier alpha value is -2.47. The molecular weight excluding hydrogens is 336 g/mol. The van der Waals surface area contributed by atoms with Crippen LogP contribution in [0.5, 0.6) is 0 Å². The molecule has 0 radical (unpaired) electrons. The summed E-state index contributed by atoms with van der Waals surface area (Å²) in [5.74, 6) is -1.41. The first-order valence-electron chi connectivity index (χ1n) is 7.39. The Balaban J connectivity index is 2.04. The van der Waals surface area contributed by atoms with Gasteiger partial charge >= 0.3 is 0 Å². The summed E-state index contributed by atoms with van der Waals surface area (Å²) in [5.41, 5.74) is 0.917. The highest BCUT2D eigenvalue weighted by atomic mass is 35.5. The standard InChI is InChI=1S/C17H12ClF2N3O/c1-7-14(10-3-2-8(18)4-12(10)20)16-15-11(17(24)23-22-16)5-9(19)6-13(15)21-7/h2-7,14,21H,1H3,(H,23,24)/t7-,14+/m0/s1. The maximum Gasteiger partial charge on any atom is 0.272 e. The van der Waals surface area contributed by atoms with Crippen LogP contribution in [0.25, 0.3) is 10.8 Å². The van der Waals surface area contributed by atoms with Crippen molar-refractivity contribution in [2.45, 2.75) is 18.9 Å². The van der Waals surface area contributed by atoms with Gasteiger partial charge in [0.15, 0.2) is 0 Å². The van der Waals surface area contributed by atoms with Gasteiger partial charge in [0.1, 0.15) is 11.6 Å². The molecule has 0 fully saturated rings. The molecule has 0 saturated heterocycles. The Morgan fingerprint density at radius 3 is 2.75 bits per heavy atom. The van der Waals surface area contributed by atoms with Gasteiger partial charge in [-0.05, 0) is 36.8 Å². The number of halogens is 3. The first kappa shape index (κ1) is 15.1. The Labute approximate surface area is 140 Å². The fourth-order valence-electron chi connectivity index (χ4n) is 3.36. The molecule has 0 spiro atoms. The fourth-order valence-corrected chi connectivity index (χ4v) is 3.52. The Morgan fingerprint density at radius 1 is 1.21 bits per heavy atom. The molecule has 4 nitrogen and oxygen atoms in total. The van der Waals surface area contributed by atoms with Crippen LogP contribution < -0.4 is 10.9 Å². The van der Waals surface area contributed by atoms with Gasteiger partial charge in [-0.2, -0.15) is 5.10 Å². The molecule has 2 aromatic carbocycles. The van der Waals surface area contributed by atoms with Crippen molar-refractivity contribution in [3.05, 3.63) is 68.6 Å². The SMILES string of the molecule is C[C@@H]1Nc2cc(F)cc3c(=O)[nH]nc(c23)[C@H]1c1ccc(Cl)cc1F. The number of nitrogens with zero attached hydrogens (tertiary/aromatic N) is 1. The summed E-state index contributed by atoms with van der Waals surface area (Å²) in [6, 6.07) is 6.68. The summed E-state index contributed by atoms with van der Waals surface area (Å²) in [6.07, 6.45) is 0. The Kier molecular flexibility index (Phi) is 3.31. The van der Waals surface area contributed by atoms with Gasteiger partial charge in [0, 0.05) is 22.1 Å². The van der Waals surface area contributed by atoms with E-state index in [1.807, 2.05) is 6.92 Å². The number of aromatic nitrogens is 2. The van der Waals surface area contributed by atoms with Crippen LogP contribution in [-0.2, 0) is 0 Å². The number of aromatic amines is 1. The quantitative estimate of drug-likeness (QED) is 0.704. The molecule has 0 unspecified atom stereocenters. The highest BCUT2D eigenvalue weighted by Gasteiger charge is 2.33. The minimum absolute atomic E-state index is 0.189. The number of hydrogen-bond donors (Lipinski definition) is 2. The highest BCUT2D eigenvalue weighted by molar-refractivity contribution is 6.30. The van der Waals surface area contributed by atoms with E-state index < -0.39 is 23.1 Å². The van der Waals surface area contributed by atoms with Gasteiger partial charge < -0.3 is 5.32 Å². The summed E-state index contributed by atoms with van der Waals surface area (Å²) < 4.78 is 28.2. The number of hydrogen-bond acceptors (Lipinski definition) is 3. The summed E-state index contributed by atoms with van der Waals surface area (Å²) in [7, 11) is 0. The molecule has 1 aliphatic rings. The van der Waals surface area contributed by atoms with Crippen molar-refractivity contribution in [1.82, 2.24) is 10.2 Å². The lowest BCUT2D eigenvalue weighted by atomic mass is 9.83. The van der Waals surface area contributed by atoms with Gasteiger partial charge in [0.2, 0.25) is 0 Å².